The van der Waals surface area contributed by atoms with Crippen LogP contribution in [0.2, 0.25) is 0 Å². The van der Waals surface area contributed by atoms with E-state index in [9.17, 15) is 5.11 Å². The second-order valence-corrected chi connectivity index (χ2v) is 4.08. The molecule has 0 aromatic heterocycles. The molecule has 3 heteroatoms. The standard InChI is InChI=1S/C13H21NO2/c1-3-4-9-16-12-7-5-11(6-8-12)13(15)10(2)14/h5-8,10,13,15H,3-4,9,14H2,1-2H3. The molecule has 1 rings (SSSR count). The zero-order chi connectivity index (χ0) is 12.0. The maximum atomic E-state index is 9.74. The van der Waals surface area contributed by atoms with Crippen LogP contribution in [-0.2, 0) is 0 Å². The lowest BCUT2D eigenvalue weighted by molar-refractivity contribution is 0.153. The van der Waals surface area contributed by atoms with Crippen molar-refractivity contribution in [3.05, 3.63) is 29.8 Å². The van der Waals surface area contributed by atoms with E-state index < -0.39 is 6.10 Å². The lowest BCUT2D eigenvalue weighted by Crippen LogP contribution is -2.24. The van der Waals surface area contributed by atoms with Crippen molar-refractivity contribution in [3.63, 3.8) is 0 Å². The van der Waals surface area contributed by atoms with Crippen LogP contribution >= 0.6 is 0 Å². The van der Waals surface area contributed by atoms with Crippen LogP contribution in [0.1, 0.15) is 38.4 Å². The van der Waals surface area contributed by atoms with Crippen LogP contribution in [0.15, 0.2) is 24.3 Å². The maximum Gasteiger partial charge on any atom is 0.119 e. The number of rotatable bonds is 6. The second kappa shape index (κ2) is 6.51. The monoisotopic (exact) mass is 223 g/mol. The highest BCUT2D eigenvalue weighted by Crippen LogP contribution is 2.19. The quantitative estimate of drug-likeness (QED) is 0.727. The van der Waals surface area contributed by atoms with Gasteiger partial charge in [-0.3, -0.25) is 0 Å². The minimum Gasteiger partial charge on any atom is -0.494 e. The molecule has 0 heterocycles. The van der Waals surface area contributed by atoms with Crippen molar-refractivity contribution in [2.24, 2.45) is 5.73 Å². The second-order valence-electron chi connectivity index (χ2n) is 4.08. The van der Waals surface area contributed by atoms with E-state index >= 15 is 0 Å². The maximum absolute atomic E-state index is 9.74. The number of aliphatic hydroxyl groups excluding tert-OH is 1. The van der Waals surface area contributed by atoms with Crippen LogP contribution in [0.4, 0.5) is 0 Å². The van der Waals surface area contributed by atoms with E-state index in [4.69, 9.17) is 10.5 Å². The highest BCUT2D eigenvalue weighted by molar-refractivity contribution is 5.29. The molecular weight excluding hydrogens is 202 g/mol. The van der Waals surface area contributed by atoms with Crippen LogP contribution in [0.25, 0.3) is 0 Å². The molecule has 0 bridgehead atoms. The zero-order valence-electron chi connectivity index (χ0n) is 10.0. The van der Waals surface area contributed by atoms with Crippen LogP contribution in [0.3, 0.4) is 0 Å². The van der Waals surface area contributed by atoms with Crippen LogP contribution in [0, 0.1) is 0 Å². The van der Waals surface area contributed by atoms with Gasteiger partial charge in [-0.2, -0.15) is 0 Å². The van der Waals surface area contributed by atoms with E-state index in [1.165, 1.54) is 0 Å². The van der Waals surface area contributed by atoms with E-state index in [0.29, 0.717) is 0 Å². The van der Waals surface area contributed by atoms with Crippen molar-refractivity contribution in [1.82, 2.24) is 0 Å². The fourth-order valence-corrected chi connectivity index (χ4v) is 1.40. The largest absolute Gasteiger partial charge is 0.494 e. The molecule has 2 unspecified atom stereocenters. The molecule has 1 aromatic carbocycles. The Hall–Kier alpha value is -1.06. The zero-order valence-corrected chi connectivity index (χ0v) is 10.0. The van der Waals surface area contributed by atoms with E-state index in [0.717, 1.165) is 30.8 Å². The first-order chi connectivity index (χ1) is 7.65. The molecule has 90 valence electrons. The number of ether oxygens (including phenoxy) is 1. The number of unbranched alkanes of at least 4 members (excludes halogenated alkanes) is 1. The molecule has 3 nitrogen and oxygen atoms in total. The Morgan fingerprint density at radius 2 is 1.94 bits per heavy atom. The Labute approximate surface area is 97.2 Å². The third kappa shape index (κ3) is 3.83. The molecule has 0 aliphatic carbocycles. The number of aliphatic hydroxyl groups is 1. The molecule has 0 spiro atoms. The topological polar surface area (TPSA) is 55.5 Å². The summed E-state index contributed by atoms with van der Waals surface area (Å²) in [6.07, 6.45) is 1.58. The molecule has 1 aromatic rings. The molecule has 0 saturated heterocycles. The Morgan fingerprint density at radius 3 is 2.44 bits per heavy atom. The van der Waals surface area contributed by atoms with Gasteiger partial charge < -0.3 is 15.6 Å². The lowest BCUT2D eigenvalue weighted by atomic mass is 10.0. The van der Waals surface area contributed by atoms with Gasteiger partial charge in [0.2, 0.25) is 0 Å². The van der Waals surface area contributed by atoms with Gasteiger partial charge >= 0.3 is 0 Å². The van der Waals surface area contributed by atoms with Crippen molar-refractivity contribution in [2.45, 2.75) is 38.8 Å². The van der Waals surface area contributed by atoms with Gasteiger partial charge in [-0.25, -0.2) is 0 Å². The van der Waals surface area contributed by atoms with Gasteiger partial charge in [-0.15, -0.1) is 0 Å². The van der Waals surface area contributed by atoms with Crippen LogP contribution in [-0.4, -0.2) is 17.8 Å². The highest BCUT2D eigenvalue weighted by atomic mass is 16.5. The number of benzene rings is 1. The molecule has 0 saturated carbocycles. The fourth-order valence-electron chi connectivity index (χ4n) is 1.40. The molecule has 0 aliphatic rings. The minimum absolute atomic E-state index is 0.258. The van der Waals surface area contributed by atoms with Crippen molar-refractivity contribution < 1.29 is 9.84 Å². The number of nitrogens with two attached hydrogens (primary N) is 1. The first-order valence-electron chi connectivity index (χ1n) is 5.81. The van der Waals surface area contributed by atoms with Crippen molar-refractivity contribution >= 4 is 0 Å². The first-order valence-corrected chi connectivity index (χ1v) is 5.81. The minimum atomic E-state index is -0.607. The van der Waals surface area contributed by atoms with Gasteiger partial charge in [0, 0.05) is 6.04 Å². The Kier molecular flexibility index (Phi) is 5.29. The summed E-state index contributed by atoms with van der Waals surface area (Å²) < 4.78 is 5.53. The molecule has 3 N–H and O–H groups in total. The predicted octanol–water partition coefficient (Wildman–Crippen LogP) is 2.25. The average molecular weight is 223 g/mol. The molecule has 2 atom stereocenters. The predicted molar refractivity (Wildman–Crippen MR) is 65.5 cm³/mol. The van der Waals surface area contributed by atoms with Gasteiger partial charge in [-0.05, 0) is 31.0 Å². The summed E-state index contributed by atoms with van der Waals surface area (Å²) in [5.74, 6) is 0.842. The van der Waals surface area contributed by atoms with Crippen LogP contribution in [0.5, 0.6) is 5.75 Å². The van der Waals surface area contributed by atoms with Crippen molar-refractivity contribution in [2.75, 3.05) is 6.61 Å². The SMILES string of the molecule is CCCCOc1ccc(C(O)C(C)N)cc1. The summed E-state index contributed by atoms with van der Waals surface area (Å²) in [4.78, 5) is 0. The molecular formula is C13H21NO2. The van der Waals surface area contributed by atoms with Crippen LogP contribution < -0.4 is 10.5 Å². The van der Waals surface area contributed by atoms with Gasteiger partial charge in [-0.1, -0.05) is 25.5 Å². The van der Waals surface area contributed by atoms with Gasteiger partial charge in [0.25, 0.3) is 0 Å². The van der Waals surface area contributed by atoms with Gasteiger partial charge in [0.05, 0.1) is 12.7 Å². The smallest absolute Gasteiger partial charge is 0.119 e. The lowest BCUT2D eigenvalue weighted by Gasteiger charge is -2.15. The van der Waals surface area contributed by atoms with E-state index in [1.54, 1.807) is 6.92 Å². The summed E-state index contributed by atoms with van der Waals surface area (Å²) in [7, 11) is 0. The highest BCUT2D eigenvalue weighted by Gasteiger charge is 2.11. The molecule has 0 amide bonds. The summed E-state index contributed by atoms with van der Waals surface area (Å²) in [6, 6.07) is 7.20. The summed E-state index contributed by atoms with van der Waals surface area (Å²) in [5.41, 5.74) is 6.45. The molecule has 0 fully saturated rings. The summed E-state index contributed by atoms with van der Waals surface area (Å²) in [5, 5.41) is 9.74. The normalized spacial score (nSPS) is 14.5. The molecule has 0 radical (unpaired) electrons. The third-order valence-corrected chi connectivity index (χ3v) is 2.49. The number of hydrogen-bond donors (Lipinski definition) is 2. The first kappa shape index (κ1) is 13.0. The Morgan fingerprint density at radius 1 is 1.31 bits per heavy atom. The van der Waals surface area contributed by atoms with Gasteiger partial charge in [0.1, 0.15) is 5.75 Å². The fraction of sp³-hybridized carbons (Fsp3) is 0.538. The Bertz CT molecular complexity index is 295. The van der Waals surface area contributed by atoms with Crippen molar-refractivity contribution in [1.29, 1.82) is 0 Å². The van der Waals surface area contributed by atoms with Gasteiger partial charge in [0.15, 0.2) is 0 Å². The number of hydrogen-bond acceptors (Lipinski definition) is 3. The molecule has 0 aliphatic heterocycles. The van der Waals surface area contributed by atoms with Crippen molar-refractivity contribution in [3.8, 4) is 5.75 Å². The summed E-state index contributed by atoms with van der Waals surface area (Å²) in [6.45, 7) is 4.66. The summed E-state index contributed by atoms with van der Waals surface area (Å²) >= 11 is 0. The Balaban J connectivity index is 2.54. The van der Waals surface area contributed by atoms with E-state index in [1.807, 2.05) is 24.3 Å². The molecule has 16 heavy (non-hydrogen) atoms. The van der Waals surface area contributed by atoms with E-state index in [2.05, 4.69) is 6.92 Å². The van der Waals surface area contributed by atoms with E-state index in [-0.39, 0.29) is 6.04 Å². The third-order valence-electron chi connectivity index (χ3n) is 2.49. The average Bonchev–Trinajstić information content (AvgIpc) is 2.29.